The molecule has 1 aromatic heterocycles. The van der Waals surface area contributed by atoms with Crippen molar-refractivity contribution in [2.75, 3.05) is 19.8 Å². The smallest absolute Gasteiger partial charge is 0.302 e. The summed E-state index contributed by atoms with van der Waals surface area (Å²) < 4.78 is 24.8. The maximum absolute atomic E-state index is 11.7. The van der Waals surface area contributed by atoms with Crippen molar-refractivity contribution in [2.24, 2.45) is 0 Å². The molecule has 0 N–H and O–H groups in total. The molecule has 0 aliphatic heterocycles. The minimum Gasteiger partial charge on any atom is -0.302 e. The van der Waals surface area contributed by atoms with Gasteiger partial charge in [-0.3, -0.25) is 9.69 Å². The maximum atomic E-state index is 11.7. The monoisotopic (exact) mass is 354 g/mol. The maximum Gasteiger partial charge on any atom is 0.307 e. The van der Waals surface area contributed by atoms with Crippen LogP contribution in [0.4, 0.5) is 0 Å². The van der Waals surface area contributed by atoms with E-state index in [0.717, 1.165) is 17.8 Å². The highest BCUT2D eigenvalue weighted by molar-refractivity contribution is 7.90. The molecule has 1 heterocycles. The van der Waals surface area contributed by atoms with Crippen LogP contribution in [0.25, 0.3) is 0 Å². The number of likely N-dealkylation sites (N-methyl/N-ethyl adjacent to an activating group) is 1. The third-order valence-electron chi connectivity index (χ3n) is 4.10. The zero-order valence-corrected chi connectivity index (χ0v) is 15.4. The Morgan fingerprint density at radius 1 is 1.26 bits per heavy atom. The van der Waals surface area contributed by atoms with Crippen LogP contribution in [-0.4, -0.2) is 37.7 Å². The summed E-state index contributed by atoms with van der Waals surface area (Å²) in [5, 5.41) is 1.87. The topological polar surface area (TPSA) is 59.4 Å². The molecule has 0 fully saturated rings. The largest absolute Gasteiger partial charge is 0.307 e. The van der Waals surface area contributed by atoms with E-state index in [1.807, 2.05) is 31.5 Å². The Morgan fingerprint density at radius 3 is 2.35 bits per heavy atom. The molecule has 0 aliphatic rings. The summed E-state index contributed by atoms with van der Waals surface area (Å²) >= 11 is 1.22. The number of aryl methyl sites for hydroxylation is 1. The predicted octanol–water partition coefficient (Wildman–Crippen LogP) is 2.31. The van der Waals surface area contributed by atoms with Gasteiger partial charge in [0.05, 0.1) is 4.90 Å². The summed E-state index contributed by atoms with van der Waals surface area (Å²) in [7, 11) is -1.16. The average Bonchev–Trinajstić information content (AvgIpc) is 2.82. The van der Waals surface area contributed by atoms with E-state index < -0.39 is 9.84 Å². The first-order valence-electron chi connectivity index (χ1n) is 7.35. The van der Waals surface area contributed by atoms with E-state index in [1.165, 1.54) is 17.6 Å². The fraction of sp³-hybridized carbons (Fsp3) is 0.438. The second kappa shape index (κ2) is 6.98. The summed E-state index contributed by atoms with van der Waals surface area (Å²) in [6, 6.07) is 7.11. The van der Waals surface area contributed by atoms with E-state index in [1.54, 1.807) is 16.7 Å². The van der Waals surface area contributed by atoms with Gasteiger partial charge in [0.25, 0.3) is 0 Å². The molecule has 1 atom stereocenters. The van der Waals surface area contributed by atoms with Crippen molar-refractivity contribution in [3.05, 3.63) is 50.6 Å². The minimum atomic E-state index is -3.17. The normalized spacial score (nSPS) is 13.4. The third kappa shape index (κ3) is 4.31. The van der Waals surface area contributed by atoms with Gasteiger partial charge < -0.3 is 4.57 Å². The van der Waals surface area contributed by atoms with Crippen LogP contribution in [0.5, 0.6) is 0 Å². The lowest BCUT2D eigenvalue weighted by molar-refractivity contribution is 0.250. The molecule has 7 heteroatoms. The zero-order chi connectivity index (χ0) is 17.2. The summed E-state index contributed by atoms with van der Waals surface area (Å²) in [4.78, 5) is 14.3. The molecular weight excluding hydrogens is 332 g/mol. The SMILES string of the molecule is Cc1csc(=O)n1CCN(C)C(C)c1ccc(S(C)(=O)=O)cc1. The van der Waals surface area contributed by atoms with Crippen LogP contribution in [0.1, 0.15) is 24.2 Å². The molecule has 5 nitrogen and oxygen atoms in total. The zero-order valence-electron chi connectivity index (χ0n) is 13.8. The van der Waals surface area contributed by atoms with Gasteiger partial charge in [0.15, 0.2) is 9.84 Å². The first-order valence-corrected chi connectivity index (χ1v) is 10.1. The first kappa shape index (κ1) is 17.9. The van der Waals surface area contributed by atoms with Crippen LogP contribution in [0, 0.1) is 6.92 Å². The molecule has 0 saturated heterocycles. The van der Waals surface area contributed by atoms with E-state index in [-0.39, 0.29) is 10.9 Å². The summed E-state index contributed by atoms with van der Waals surface area (Å²) in [6.45, 7) is 5.40. The van der Waals surface area contributed by atoms with Crippen molar-refractivity contribution in [1.29, 1.82) is 0 Å². The van der Waals surface area contributed by atoms with E-state index in [9.17, 15) is 13.2 Å². The van der Waals surface area contributed by atoms with E-state index in [2.05, 4.69) is 11.8 Å². The number of aromatic nitrogens is 1. The molecule has 1 unspecified atom stereocenters. The van der Waals surface area contributed by atoms with Gasteiger partial charge in [-0.2, -0.15) is 0 Å². The third-order valence-corrected chi connectivity index (χ3v) is 6.11. The Labute approximate surface area is 141 Å². The minimum absolute atomic E-state index is 0.0704. The number of benzene rings is 1. The summed E-state index contributed by atoms with van der Waals surface area (Å²) in [5.74, 6) is 0. The van der Waals surface area contributed by atoms with Crippen molar-refractivity contribution in [3.63, 3.8) is 0 Å². The van der Waals surface area contributed by atoms with Gasteiger partial charge in [-0.1, -0.05) is 23.5 Å². The van der Waals surface area contributed by atoms with Gasteiger partial charge >= 0.3 is 4.87 Å². The second-order valence-electron chi connectivity index (χ2n) is 5.79. The van der Waals surface area contributed by atoms with Crippen LogP contribution >= 0.6 is 11.3 Å². The van der Waals surface area contributed by atoms with Crippen LogP contribution in [0.15, 0.2) is 39.3 Å². The molecule has 0 radical (unpaired) electrons. The molecule has 23 heavy (non-hydrogen) atoms. The Balaban J connectivity index is 2.05. The van der Waals surface area contributed by atoms with Crippen LogP contribution in [0.2, 0.25) is 0 Å². The van der Waals surface area contributed by atoms with Crippen LogP contribution in [0.3, 0.4) is 0 Å². The highest BCUT2D eigenvalue weighted by Crippen LogP contribution is 2.20. The summed E-state index contributed by atoms with van der Waals surface area (Å²) in [6.07, 6.45) is 1.21. The number of hydrogen-bond acceptors (Lipinski definition) is 5. The number of sulfone groups is 1. The molecule has 0 aliphatic carbocycles. The molecule has 1 aromatic carbocycles. The standard InChI is InChI=1S/C16H22N2O3S2/c1-12-11-22-16(19)18(12)10-9-17(3)13(2)14-5-7-15(8-6-14)23(4,20)21/h5-8,11,13H,9-10H2,1-4H3. The van der Waals surface area contributed by atoms with Gasteiger partial charge in [-0.25, -0.2) is 8.42 Å². The van der Waals surface area contributed by atoms with Gasteiger partial charge in [0, 0.05) is 36.5 Å². The lowest BCUT2D eigenvalue weighted by Gasteiger charge is -2.25. The molecule has 2 rings (SSSR count). The first-order chi connectivity index (χ1) is 10.7. The fourth-order valence-electron chi connectivity index (χ4n) is 2.37. The molecule has 0 spiro atoms. The number of nitrogens with zero attached hydrogens (tertiary/aromatic N) is 2. The number of hydrogen-bond donors (Lipinski definition) is 0. The lowest BCUT2D eigenvalue weighted by Crippen LogP contribution is -2.29. The Hall–Kier alpha value is -1.44. The van der Waals surface area contributed by atoms with Crippen LogP contribution in [-0.2, 0) is 16.4 Å². The molecule has 0 amide bonds. The lowest BCUT2D eigenvalue weighted by atomic mass is 10.1. The van der Waals surface area contributed by atoms with E-state index >= 15 is 0 Å². The van der Waals surface area contributed by atoms with Gasteiger partial charge in [0.2, 0.25) is 0 Å². The Morgan fingerprint density at radius 2 is 1.87 bits per heavy atom. The second-order valence-corrected chi connectivity index (χ2v) is 8.63. The van der Waals surface area contributed by atoms with Gasteiger partial charge in [-0.15, -0.1) is 0 Å². The number of rotatable bonds is 6. The molecule has 126 valence electrons. The van der Waals surface area contributed by atoms with E-state index in [0.29, 0.717) is 11.4 Å². The fourth-order valence-corrected chi connectivity index (χ4v) is 3.77. The Kier molecular flexibility index (Phi) is 5.44. The molecule has 2 aromatic rings. The van der Waals surface area contributed by atoms with Crippen molar-refractivity contribution in [1.82, 2.24) is 9.47 Å². The Bertz CT molecular complexity index is 820. The van der Waals surface area contributed by atoms with Gasteiger partial charge in [0.1, 0.15) is 0 Å². The van der Waals surface area contributed by atoms with Crippen molar-refractivity contribution >= 4 is 21.2 Å². The van der Waals surface area contributed by atoms with Gasteiger partial charge in [-0.05, 0) is 38.6 Å². The highest BCUT2D eigenvalue weighted by atomic mass is 32.2. The average molecular weight is 354 g/mol. The van der Waals surface area contributed by atoms with Crippen molar-refractivity contribution in [3.8, 4) is 0 Å². The van der Waals surface area contributed by atoms with Crippen molar-refractivity contribution in [2.45, 2.75) is 31.3 Å². The predicted molar refractivity (Wildman–Crippen MR) is 93.9 cm³/mol. The summed E-state index contributed by atoms with van der Waals surface area (Å²) in [5.41, 5.74) is 2.04. The molecular formula is C16H22N2O3S2. The van der Waals surface area contributed by atoms with E-state index in [4.69, 9.17) is 0 Å². The highest BCUT2D eigenvalue weighted by Gasteiger charge is 2.14. The quantitative estimate of drug-likeness (QED) is 0.799. The van der Waals surface area contributed by atoms with Crippen LogP contribution < -0.4 is 4.87 Å². The number of thiazole rings is 1. The molecule has 0 saturated carbocycles. The van der Waals surface area contributed by atoms with Crippen molar-refractivity contribution < 1.29 is 8.42 Å². The molecule has 0 bridgehead atoms.